The molecule has 0 radical (unpaired) electrons. The molecule has 0 atom stereocenters. The minimum Gasteiger partial charge on any atom is -0.340 e. The van der Waals surface area contributed by atoms with Crippen molar-refractivity contribution in [3.63, 3.8) is 0 Å². The fraction of sp³-hybridized carbons (Fsp3) is 0.440. The normalized spacial score (nSPS) is 15.4. The highest BCUT2D eigenvalue weighted by Crippen LogP contribution is 2.19. The number of Topliss-reactive ketones (excluding diaryl/α,β-unsaturated/α-hetero) is 1. The number of amides is 1. The lowest BCUT2D eigenvalue weighted by Crippen LogP contribution is -2.48. The average molecular weight is 475 g/mol. The van der Waals surface area contributed by atoms with Gasteiger partial charge in [0.1, 0.15) is 5.82 Å². The molecule has 178 valence electrons. The van der Waals surface area contributed by atoms with E-state index in [1.807, 2.05) is 11.8 Å². The Bertz CT molecular complexity index is 1060. The quantitative estimate of drug-likeness (QED) is 0.521. The molecule has 33 heavy (non-hydrogen) atoms. The molecule has 0 aromatic heterocycles. The summed E-state index contributed by atoms with van der Waals surface area (Å²) in [5, 5.41) is 0. The summed E-state index contributed by atoms with van der Waals surface area (Å²) in [6.07, 6.45) is 3.48. The van der Waals surface area contributed by atoms with Crippen molar-refractivity contribution in [3.8, 4) is 0 Å². The van der Waals surface area contributed by atoms with Crippen molar-refractivity contribution in [2.45, 2.75) is 43.5 Å². The predicted octanol–water partition coefficient (Wildman–Crippen LogP) is 3.36. The Morgan fingerprint density at radius 1 is 1.03 bits per heavy atom. The van der Waals surface area contributed by atoms with Crippen LogP contribution in [0.5, 0.6) is 0 Å². The van der Waals surface area contributed by atoms with Crippen LogP contribution < -0.4 is 0 Å². The van der Waals surface area contributed by atoms with Gasteiger partial charge in [0.2, 0.25) is 5.91 Å². The molecule has 1 aliphatic rings. The molecule has 3 rings (SSSR count). The Kier molecular flexibility index (Phi) is 8.37. The van der Waals surface area contributed by atoms with Gasteiger partial charge < -0.3 is 9.80 Å². The van der Waals surface area contributed by atoms with Crippen LogP contribution in [0.3, 0.4) is 0 Å². The van der Waals surface area contributed by atoms with E-state index in [1.54, 1.807) is 24.3 Å². The van der Waals surface area contributed by atoms with Crippen LogP contribution in [-0.4, -0.2) is 68.4 Å². The van der Waals surface area contributed by atoms with Crippen LogP contribution in [0.25, 0.3) is 0 Å². The molecule has 8 heteroatoms. The third-order valence-electron chi connectivity index (χ3n) is 6.19. The Labute approximate surface area is 195 Å². The molecule has 0 unspecified atom stereocenters. The molecule has 0 bridgehead atoms. The summed E-state index contributed by atoms with van der Waals surface area (Å²) in [5.41, 5.74) is 1.32. The van der Waals surface area contributed by atoms with Crippen LogP contribution in [0, 0.1) is 5.82 Å². The van der Waals surface area contributed by atoms with Crippen molar-refractivity contribution < 1.29 is 22.4 Å². The monoisotopic (exact) mass is 474 g/mol. The van der Waals surface area contributed by atoms with Crippen LogP contribution in [0.1, 0.15) is 42.1 Å². The molecule has 1 saturated heterocycles. The maximum absolute atomic E-state index is 13.0. The maximum atomic E-state index is 13.0. The maximum Gasteiger partial charge on any atom is 0.227 e. The van der Waals surface area contributed by atoms with Gasteiger partial charge >= 0.3 is 0 Å². The first-order valence-corrected chi connectivity index (χ1v) is 13.2. The number of hydrogen-bond acceptors (Lipinski definition) is 5. The summed E-state index contributed by atoms with van der Waals surface area (Å²) in [7, 11) is -3.26. The van der Waals surface area contributed by atoms with E-state index >= 15 is 0 Å². The smallest absolute Gasteiger partial charge is 0.227 e. The third kappa shape index (κ3) is 6.95. The van der Waals surface area contributed by atoms with Crippen LogP contribution in [0.15, 0.2) is 53.4 Å². The summed E-state index contributed by atoms with van der Waals surface area (Å²) in [5.74, 6) is -0.312. The zero-order valence-electron chi connectivity index (χ0n) is 19.2. The largest absolute Gasteiger partial charge is 0.340 e. The predicted molar refractivity (Wildman–Crippen MR) is 125 cm³/mol. The van der Waals surface area contributed by atoms with Crippen LogP contribution in [0.2, 0.25) is 0 Å². The zero-order valence-corrected chi connectivity index (χ0v) is 20.0. The van der Waals surface area contributed by atoms with E-state index in [0.29, 0.717) is 25.1 Å². The van der Waals surface area contributed by atoms with Gasteiger partial charge in [-0.2, -0.15) is 0 Å². The number of sulfone groups is 1. The molecular weight excluding hydrogens is 443 g/mol. The molecule has 1 heterocycles. The molecule has 0 aliphatic carbocycles. The summed E-state index contributed by atoms with van der Waals surface area (Å²) in [4.78, 5) is 29.6. The highest BCUT2D eigenvalue weighted by atomic mass is 32.2. The fourth-order valence-electron chi connectivity index (χ4n) is 4.26. The lowest BCUT2D eigenvalue weighted by Gasteiger charge is -2.38. The SMILES string of the molecule is CCN(C(=O)Cc1ccc(S(C)(=O)=O)cc1)C1CCN(CCC(=O)c2ccc(F)cc2)CC1. The lowest BCUT2D eigenvalue weighted by atomic mass is 10.0. The number of halogens is 1. The van der Waals surface area contributed by atoms with Gasteiger partial charge in [-0.1, -0.05) is 12.1 Å². The Morgan fingerprint density at radius 2 is 1.64 bits per heavy atom. The van der Waals surface area contributed by atoms with Crippen molar-refractivity contribution in [2.75, 3.05) is 32.4 Å². The van der Waals surface area contributed by atoms with Crippen LogP contribution in [0.4, 0.5) is 4.39 Å². The van der Waals surface area contributed by atoms with E-state index in [4.69, 9.17) is 0 Å². The molecule has 2 aromatic carbocycles. The van der Waals surface area contributed by atoms with Gasteiger partial charge in [0.05, 0.1) is 11.3 Å². The topological polar surface area (TPSA) is 74.8 Å². The fourth-order valence-corrected chi connectivity index (χ4v) is 4.89. The molecular formula is C25H31FN2O4S. The number of hydrogen-bond donors (Lipinski definition) is 0. The number of piperidine rings is 1. The first-order chi connectivity index (χ1) is 15.7. The minimum atomic E-state index is -3.26. The van der Waals surface area contributed by atoms with E-state index in [9.17, 15) is 22.4 Å². The highest BCUT2D eigenvalue weighted by Gasteiger charge is 2.27. The molecule has 1 amide bonds. The summed E-state index contributed by atoms with van der Waals surface area (Å²) >= 11 is 0. The lowest BCUT2D eigenvalue weighted by molar-refractivity contribution is -0.133. The van der Waals surface area contributed by atoms with E-state index in [-0.39, 0.29) is 34.9 Å². The van der Waals surface area contributed by atoms with Gasteiger partial charge in [-0.3, -0.25) is 9.59 Å². The number of ketones is 1. The number of likely N-dealkylation sites (N-methyl/N-ethyl adjacent to an activating group) is 1. The van der Waals surface area contributed by atoms with Gasteiger partial charge in [-0.05, 0) is 61.7 Å². The second-order valence-electron chi connectivity index (χ2n) is 8.53. The van der Waals surface area contributed by atoms with Crippen molar-refractivity contribution in [2.24, 2.45) is 0 Å². The summed E-state index contributed by atoms with van der Waals surface area (Å²) in [6.45, 7) is 4.87. The third-order valence-corrected chi connectivity index (χ3v) is 7.32. The molecule has 0 spiro atoms. The second-order valence-corrected chi connectivity index (χ2v) is 10.5. The Morgan fingerprint density at radius 3 is 2.18 bits per heavy atom. The standard InChI is InChI=1S/C25H31FN2O4S/c1-3-28(25(30)18-19-4-10-23(11-5-19)33(2,31)32)22-12-15-27(16-13-22)17-14-24(29)20-6-8-21(26)9-7-20/h4-11,22H,3,12-18H2,1-2H3. The van der Waals surface area contributed by atoms with Gasteiger partial charge in [-0.15, -0.1) is 0 Å². The summed E-state index contributed by atoms with van der Waals surface area (Å²) < 4.78 is 36.2. The highest BCUT2D eigenvalue weighted by molar-refractivity contribution is 7.90. The number of benzene rings is 2. The van der Waals surface area contributed by atoms with Gasteiger partial charge in [0.25, 0.3) is 0 Å². The van der Waals surface area contributed by atoms with E-state index in [0.717, 1.165) is 37.8 Å². The van der Waals surface area contributed by atoms with Crippen LogP contribution >= 0.6 is 0 Å². The van der Waals surface area contributed by atoms with E-state index in [2.05, 4.69) is 4.90 Å². The number of likely N-dealkylation sites (tertiary alicyclic amines) is 1. The van der Waals surface area contributed by atoms with Crippen molar-refractivity contribution in [1.82, 2.24) is 9.80 Å². The molecule has 6 nitrogen and oxygen atoms in total. The van der Waals surface area contributed by atoms with E-state index < -0.39 is 9.84 Å². The zero-order chi connectivity index (χ0) is 24.0. The molecule has 1 fully saturated rings. The van der Waals surface area contributed by atoms with Gasteiger partial charge in [-0.25, -0.2) is 12.8 Å². The van der Waals surface area contributed by atoms with Crippen LogP contribution in [-0.2, 0) is 21.1 Å². The Balaban J connectivity index is 1.48. The molecule has 0 N–H and O–H groups in total. The van der Waals surface area contributed by atoms with Crippen molar-refractivity contribution in [1.29, 1.82) is 0 Å². The van der Waals surface area contributed by atoms with Crippen molar-refractivity contribution >= 4 is 21.5 Å². The first-order valence-electron chi connectivity index (χ1n) is 11.3. The number of carbonyl (C=O) groups excluding carboxylic acids is 2. The van der Waals surface area contributed by atoms with E-state index in [1.165, 1.54) is 24.3 Å². The van der Waals surface area contributed by atoms with Gasteiger partial charge in [0.15, 0.2) is 15.6 Å². The van der Waals surface area contributed by atoms with Gasteiger partial charge in [0, 0.05) is 50.5 Å². The molecule has 0 saturated carbocycles. The molecule has 2 aromatic rings. The first kappa shape index (κ1) is 25.1. The Hall–Kier alpha value is -2.58. The molecule has 1 aliphatic heterocycles. The summed E-state index contributed by atoms with van der Waals surface area (Å²) in [6, 6.07) is 12.3. The number of rotatable bonds is 9. The van der Waals surface area contributed by atoms with Crippen molar-refractivity contribution in [3.05, 3.63) is 65.5 Å². The second kappa shape index (κ2) is 11.0. The average Bonchev–Trinajstić information content (AvgIpc) is 2.79. The minimum absolute atomic E-state index is 0.00405. The number of carbonyl (C=O) groups is 2. The number of nitrogens with zero attached hydrogens (tertiary/aromatic N) is 2.